The quantitative estimate of drug-likeness (QED) is 0.896. The van der Waals surface area contributed by atoms with Gasteiger partial charge in [-0.2, -0.15) is 0 Å². The number of para-hydroxylation sites is 1. The van der Waals surface area contributed by atoms with Crippen LogP contribution >= 0.6 is 0 Å². The summed E-state index contributed by atoms with van der Waals surface area (Å²) in [6.07, 6.45) is 1.06. The minimum absolute atomic E-state index is 0.376. The van der Waals surface area contributed by atoms with Gasteiger partial charge in [-0.1, -0.05) is 52.8 Å². The Morgan fingerprint density at radius 2 is 1.95 bits per heavy atom. The molecule has 0 aromatic heterocycles. The molecule has 2 aliphatic rings. The summed E-state index contributed by atoms with van der Waals surface area (Å²) >= 11 is 0. The van der Waals surface area contributed by atoms with E-state index in [1.54, 1.807) is 0 Å². The fourth-order valence-electron chi connectivity index (χ4n) is 4.19. The van der Waals surface area contributed by atoms with E-state index in [1.165, 1.54) is 11.1 Å². The van der Waals surface area contributed by atoms with Crippen LogP contribution in [0.4, 0.5) is 0 Å². The molecule has 1 aliphatic heterocycles. The first-order valence-electron chi connectivity index (χ1n) is 7.89. The topological polar surface area (TPSA) is 21.3 Å². The minimum atomic E-state index is 0.376. The van der Waals surface area contributed by atoms with Gasteiger partial charge in [-0.25, -0.2) is 0 Å². The Morgan fingerprint density at radius 1 is 1.25 bits per heavy atom. The molecule has 1 saturated carbocycles. The van der Waals surface area contributed by atoms with Crippen LogP contribution in [0.2, 0.25) is 0 Å². The summed E-state index contributed by atoms with van der Waals surface area (Å²) in [5, 5.41) is 3.72. The van der Waals surface area contributed by atoms with E-state index in [1.807, 2.05) is 0 Å². The molecule has 0 spiro atoms. The zero-order chi connectivity index (χ0) is 14.5. The molecule has 1 aromatic rings. The van der Waals surface area contributed by atoms with Gasteiger partial charge < -0.3 is 10.1 Å². The lowest BCUT2D eigenvalue weighted by Gasteiger charge is -2.23. The second kappa shape index (κ2) is 4.49. The van der Waals surface area contributed by atoms with Crippen molar-refractivity contribution in [1.82, 2.24) is 5.32 Å². The smallest absolute Gasteiger partial charge is 0.127 e. The molecule has 2 heteroatoms. The van der Waals surface area contributed by atoms with Gasteiger partial charge in [0.1, 0.15) is 5.75 Å². The highest BCUT2D eigenvalue weighted by Crippen LogP contribution is 2.72. The van der Waals surface area contributed by atoms with E-state index >= 15 is 0 Å². The molecule has 1 aliphatic carbocycles. The highest BCUT2D eigenvalue weighted by Gasteiger charge is 2.67. The SMILES string of the molecule is CCNC(c1cccc2c1OCC2)C1C(C)(C)C1(C)C. The summed E-state index contributed by atoms with van der Waals surface area (Å²) in [5.41, 5.74) is 3.50. The lowest BCUT2D eigenvalue weighted by molar-refractivity contribution is 0.339. The van der Waals surface area contributed by atoms with Gasteiger partial charge in [0.15, 0.2) is 0 Å². The van der Waals surface area contributed by atoms with Crippen molar-refractivity contribution < 1.29 is 4.74 Å². The van der Waals surface area contributed by atoms with Crippen LogP contribution in [0.3, 0.4) is 0 Å². The van der Waals surface area contributed by atoms with Crippen LogP contribution < -0.4 is 10.1 Å². The Bertz CT molecular complexity index is 504. The molecule has 1 aromatic carbocycles. The van der Waals surface area contributed by atoms with Crippen LogP contribution in [0, 0.1) is 16.7 Å². The molecule has 1 unspecified atom stereocenters. The van der Waals surface area contributed by atoms with Crippen LogP contribution in [0.15, 0.2) is 18.2 Å². The summed E-state index contributed by atoms with van der Waals surface area (Å²) in [5.74, 6) is 1.81. The fourth-order valence-corrected chi connectivity index (χ4v) is 4.19. The van der Waals surface area contributed by atoms with Gasteiger partial charge >= 0.3 is 0 Å². The summed E-state index contributed by atoms with van der Waals surface area (Å²) in [7, 11) is 0. The van der Waals surface area contributed by atoms with Gasteiger partial charge in [0.05, 0.1) is 6.61 Å². The first-order chi connectivity index (χ1) is 9.41. The molecule has 110 valence electrons. The highest BCUT2D eigenvalue weighted by atomic mass is 16.5. The summed E-state index contributed by atoms with van der Waals surface area (Å²) in [6.45, 7) is 13.6. The van der Waals surface area contributed by atoms with Crippen molar-refractivity contribution in [2.75, 3.05) is 13.2 Å². The van der Waals surface area contributed by atoms with Gasteiger partial charge in [0, 0.05) is 18.0 Å². The monoisotopic (exact) mass is 273 g/mol. The number of nitrogens with one attached hydrogen (secondary N) is 1. The van der Waals surface area contributed by atoms with E-state index in [2.05, 4.69) is 58.1 Å². The summed E-state index contributed by atoms with van der Waals surface area (Å²) in [4.78, 5) is 0. The molecule has 0 radical (unpaired) electrons. The standard InChI is InChI=1S/C18H27NO/c1-6-19-14(16-17(2,3)18(16,4)5)13-9-7-8-12-10-11-20-15(12)13/h7-9,14,16,19H,6,10-11H2,1-5H3. The van der Waals surface area contributed by atoms with Crippen molar-refractivity contribution >= 4 is 0 Å². The van der Waals surface area contributed by atoms with Crippen molar-refractivity contribution in [2.45, 2.75) is 47.1 Å². The van der Waals surface area contributed by atoms with E-state index < -0.39 is 0 Å². The lowest BCUT2D eigenvalue weighted by Crippen LogP contribution is -2.25. The van der Waals surface area contributed by atoms with Gasteiger partial charge in [-0.05, 0) is 28.9 Å². The molecule has 2 nitrogen and oxygen atoms in total. The fraction of sp³-hybridized carbons (Fsp3) is 0.667. The molecule has 20 heavy (non-hydrogen) atoms. The van der Waals surface area contributed by atoms with Crippen LogP contribution in [-0.4, -0.2) is 13.2 Å². The molecule has 1 atom stereocenters. The first-order valence-corrected chi connectivity index (χ1v) is 7.89. The predicted octanol–water partition coefficient (Wildman–Crippen LogP) is 3.95. The normalized spacial score (nSPS) is 24.1. The predicted molar refractivity (Wildman–Crippen MR) is 83.1 cm³/mol. The van der Waals surface area contributed by atoms with Crippen molar-refractivity contribution in [3.8, 4) is 5.75 Å². The Balaban J connectivity index is 1.99. The molecule has 0 amide bonds. The van der Waals surface area contributed by atoms with Gasteiger partial charge in [-0.3, -0.25) is 0 Å². The van der Waals surface area contributed by atoms with E-state index in [9.17, 15) is 0 Å². The van der Waals surface area contributed by atoms with Gasteiger partial charge in [0.2, 0.25) is 0 Å². The van der Waals surface area contributed by atoms with Crippen molar-refractivity contribution in [2.24, 2.45) is 16.7 Å². The molecule has 1 fully saturated rings. The van der Waals surface area contributed by atoms with E-state index in [0.717, 1.165) is 25.3 Å². The van der Waals surface area contributed by atoms with E-state index in [0.29, 0.717) is 22.8 Å². The first kappa shape index (κ1) is 13.9. The number of benzene rings is 1. The van der Waals surface area contributed by atoms with Crippen molar-refractivity contribution in [1.29, 1.82) is 0 Å². The zero-order valence-electron chi connectivity index (χ0n) is 13.4. The molecular formula is C18H27NO. The molecule has 0 saturated heterocycles. The Kier molecular flexibility index (Phi) is 3.13. The third kappa shape index (κ3) is 1.81. The van der Waals surface area contributed by atoms with Gasteiger partial charge in [-0.15, -0.1) is 0 Å². The summed E-state index contributed by atoms with van der Waals surface area (Å²) < 4.78 is 5.93. The number of hydrogen-bond donors (Lipinski definition) is 1. The van der Waals surface area contributed by atoms with Crippen LogP contribution in [0.5, 0.6) is 5.75 Å². The van der Waals surface area contributed by atoms with E-state index in [4.69, 9.17) is 4.74 Å². The van der Waals surface area contributed by atoms with Crippen molar-refractivity contribution in [3.63, 3.8) is 0 Å². The average Bonchev–Trinajstić information content (AvgIpc) is 2.74. The Hall–Kier alpha value is -1.02. The average molecular weight is 273 g/mol. The molecule has 3 rings (SSSR count). The third-order valence-corrected chi connectivity index (χ3v) is 5.97. The Labute approximate surface area is 122 Å². The number of hydrogen-bond acceptors (Lipinski definition) is 2. The van der Waals surface area contributed by atoms with Crippen LogP contribution in [0.1, 0.15) is 51.8 Å². The zero-order valence-corrected chi connectivity index (χ0v) is 13.4. The van der Waals surface area contributed by atoms with Crippen molar-refractivity contribution in [3.05, 3.63) is 29.3 Å². The molecular weight excluding hydrogens is 246 g/mol. The molecule has 1 N–H and O–H groups in total. The Morgan fingerprint density at radius 3 is 2.55 bits per heavy atom. The maximum atomic E-state index is 5.93. The molecule has 0 bridgehead atoms. The maximum Gasteiger partial charge on any atom is 0.127 e. The number of rotatable bonds is 4. The number of fused-ring (bicyclic) bond motifs is 1. The minimum Gasteiger partial charge on any atom is -0.493 e. The number of ether oxygens (including phenoxy) is 1. The second-order valence-corrected chi connectivity index (χ2v) is 7.39. The summed E-state index contributed by atoms with van der Waals surface area (Å²) in [6, 6.07) is 7.05. The highest BCUT2D eigenvalue weighted by molar-refractivity contribution is 5.47. The van der Waals surface area contributed by atoms with Crippen LogP contribution in [0.25, 0.3) is 0 Å². The lowest BCUT2D eigenvalue weighted by atomic mass is 9.94. The van der Waals surface area contributed by atoms with Gasteiger partial charge in [0.25, 0.3) is 0 Å². The second-order valence-electron chi connectivity index (χ2n) is 7.39. The molecule has 1 heterocycles. The third-order valence-electron chi connectivity index (χ3n) is 5.97. The van der Waals surface area contributed by atoms with E-state index in [-0.39, 0.29) is 0 Å². The largest absolute Gasteiger partial charge is 0.493 e. The van der Waals surface area contributed by atoms with Crippen LogP contribution in [-0.2, 0) is 6.42 Å². The maximum absolute atomic E-state index is 5.93.